The topological polar surface area (TPSA) is 95.0 Å². The van der Waals surface area contributed by atoms with Gasteiger partial charge >= 0.3 is 17.9 Å². The molecule has 4 atom stereocenters. The molecule has 2 aliphatic rings. The van der Waals surface area contributed by atoms with Crippen molar-refractivity contribution >= 4 is 17.9 Å². The fraction of sp³-hybridized carbons (Fsp3) is 0.364. The van der Waals surface area contributed by atoms with E-state index in [2.05, 4.69) is 9.88 Å². The summed E-state index contributed by atoms with van der Waals surface area (Å²) in [6, 6.07) is 10.6. The molecule has 0 N–H and O–H groups in total. The molecule has 2 aliphatic heterocycles. The molecule has 156 valence electrons. The highest BCUT2D eigenvalue weighted by Gasteiger charge is 2.62. The second-order valence-electron chi connectivity index (χ2n) is 7.34. The number of hydrogen-bond donors (Lipinski definition) is 0. The van der Waals surface area contributed by atoms with Gasteiger partial charge in [-0.1, -0.05) is 30.3 Å². The minimum atomic E-state index is -0.753. The Morgan fingerprint density at radius 1 is 0.900 bits per heavy atom. The number of methoxy groups -OCH3 is 3. The Bertz CT molecular complexity index is 992. The molecule has 1 aromatic heterocycles. The van der Waals surface area contributed by atoms with Gasteiger partial charge in [-0.2, -0.15) is 0 Å². The molecule has 2 aromatic rings. The molecule has 8 nitrogen and oxygen atoms in total. The third-order valence-electron chi connectivity index (χ3n) is 5.94. The molecule has 1 fully saturated rings. The van der Waals surface area contributed by atoms with Crippen LogP contribution >= 0.6 is 0 Å². The number of benzene rings is 1. The molecule has 0 unspecified atom stereocenters. The molecule has 0 radical (unpaired) electrons. The maximum absolute atomic E-state index is 12.8. The van der Waals surface area contributed by atoms with Crippen LogP contribution in [0.1, 0.15) is 39.3 Å². The molecule has 30 heavy (non-hydrogen) atoms. The third kappa shape index (κ3) is 3.04. The van der Waals surface area contributed by atoms with Crippen LogP contribution in [0.5, 0.6) is 0 Å². The number of fused-ring (bicyclic) bond motifs is 5. The minimum Gasteiger partial charge on any atom is -0.469 e. The summed E-state index contributed by atoms with van der Waals surface area (Å²) in [7, 11) is 3.90. The first kappa shape index (κ1) is 20.0. The molecule has 0 aliphatic carbocycles. The lowest BCUT2D eigenvalue weighted by Crippen LogP contribution is -2.35. The molecular formula is C22H22N2O6. The molecule has 1 aromatic carbocycles. The number of pyridine rings is 1. The van der Waals surface area contributed by atoms with Crippen molar-refractivity contribution in [2.75, 3.05) is 21.3 Å². The van der Waals surface area contributed by atoms with Crippen LogP contribution in [0.2, 0.25) is 0 Å². The van der Waals surface area contributed by atoms with Crippen LogP contribution in [0, 0.1) is 11.8 Å². The van der Waals surface area contributed by atoms with Crippen LogP contribution in [0.25, 0.3) is 0 Å². The van der Waals surface area contributed by atoms with Crippen molar-refractivity contribution in [3.63, 3.8) is 0 Å². The summed E-state index contributed by atoms with van der Waals surface area (Å²) in [5.74, 6) is -3.00. The van der Waals surface area contributed by atoms with Crippen molar-refractivity contribution in [2.24, 2.45) is 11.8 Å². The molecule has 8 heteroatoms. The number of nitrogens with zero attached hydrogens (tertiary/aromatic N) is 2. The van der Waals surface area contributed by atoms with Gasteiger partial charge in [0.2, 0.25) is 0 Å². The highest BCUT2D eigenvalue weighted by atomic mass is 16.5. The summed E-state index contributed by atoms with van der Waals surface area (Å²) < 4.78 is 14.9. The van der Waals surface area contributed by atoms with Crippen molar-refractivity contribution in [3.05, 3.63) is 65.0 Å². The summed E-state index contributed by atoms with van der Waals surface area (Å²) in [4.78, 5) is 43.8. The van der Waals surface area contributed by atoms with Gasteiger partial charge in [0.15, 0.2) is 0 Å². The smallest absolute Gasteiger partial charge is 0.356 e. The van der Waals surface area contributed by atoms with E-state index in [0.29, 0.717) is 6.54 Å². The van der Waals surface area contributed by atoms with Gasteiger partial charge in [0.25, 0.3) is 0 Å². The molecular weight excluding hydrogens is 388 g/mol. The Balaban J connectivity index is 1.84. The van der Waals surface area contributed by atoms with E-state index >= 15 is 0 Å². The van der Waals surface area contributed by atoms with Crippen molar-refractivity contribution in [3.8, 4) is 0 Å². The average molecular weight is 410 g/mol. The van der Waals surface area contributed by atoms with Crippen molar-refractivity contribution in [2.45, 2.75) is 18.6 Å². The van der Waals surface area contributed by atoms with E-state index in [1.165, 1.54) is 21.3 Å². The predicted molar refractivity (Wildman–Crippen MR) is 104 cm³/mol. The molecule has 0 amide bonds. The van der Waals surface area contributed by atoms with Crippen LogP contribution in [-0.2, 0) is 30.3 Å². The second-order valence-corrected chi connectivity index (χ2v) is 7.34. The standard InChI is InChI=1S/C22H22N2O6/c1-28-20(25)15-9-13-14(10-23-15)19-17(22(27)30-3)16(21(26)29-2)18(13)24(19)11-12-7-5-4-6-8-12/h4-10,16-19H,11H2,1-3H3/t16-,17+,18+,19-/m0/s1. The maximum Gasteiger partial charge on any atom is 0.356 e. The Hall–Kier alpha value is -3.26. The number of esters is 3. The fourth-order valence-corrected chi connectivity index (χ4v) is 4.74. The fourth-order valence-electron chi connectivity index (χ4n) is 4.74. The van der Waals surface area contributed by atoms with Gasteiger partial charge in [-0.15, -0.1) is 0 Å². The summed E-state index contributed by atoms with van der Waals surface area (Å²) in [6.07, 6.45) is 1.59. The van der Waals surface area contributed by atoms with Crippen molar-refractivity contribution in [1.29, 1.82) is 0 Å². The maximum atomic E-state index is 12.8. The van der Waals surface area contributed by atoms with Crippen molar-refractivity contribution in [1.82, 2.24) is 9.88 Å². The zero-order valence-corrected chi connectivity index (χ0v) is 16.9. The summed E-state index contributed by atoms with van der Waals surface area (Å²) in [5.41, 5.74) is 2.78. The Morgan fingerprint density at radius 2 is 1.50 bits per heavy atom. The van der Waals surface area contributed by atoms with E-state index in [9.17, 15) is 14.4 Å². The van der Waals surface area contributed by atoms with E-state index in [1.54, 1.807) is 12.3 Å². The van der Waals surface area contributed by atoms with E-state index < -0.39 is 41.8 Å². The van der Waals surface area contributed by atoms with Crippen LogP contribution in [0.4, 0.5) is 0 Å². The lowest BCUT2D eigenvalue weighted by Gasteiger charge is -2.27. The summed E-state index contributed by atoms with van der Waals surface area (Å²) >= 11 is 0. The second kappa shape index (κ2) is 7.87. The van der Waals surface area contributed by atoms with Gasteiger partial charge in [-0.25, -0.2) is 9.78 Å². The SMILES string of the molecule is COC(=O)c1cc2c(cn1)[C@H]1[C@H](C(=O)OC)[C@H](C(=O)OC)[C@@H]2N1Cc1ccccc1. The van der Waals surface area contributed by atoms with Gasteiger partial charge in [-0.05, 0) is 22.8 Å². The van der Waals surface area contributed by atoms with Gasteiger partial charge in [0.05, 0.1) is 45.2 Å². The number of ether oxygens (including phenoxy) is 3. The highest BCUT2D eigenvalue weighted by Crippen LogP contribution is 2.60. The lowest BCUT2D eigenvalue weighted by atomic mass is 9.76. The molecule has 2 bridgehead atoms. The normalized spacial score (nSPS) is 24.2. The van der Waals surface area contributed by atoms with Crippen molar-refractivity contribution < 1.29 is 28.6 Å². The Labute approximate surface area is 173 Å². The van der Waals surface area contributed by atoms with Crippen LogP contribution in [0.15, 0.2) is 42.6 Å². The predicted octanol–water partition coefficient (Wildman–Crippen LogP) is 2.06. The van der Waals surface area contributed by atoms with Crippen LogP contribution < -0.4 is 0 Å². The van der Waals surface area contributed by atoms with Crippen LogP contribution in [-0.4, -0.2) is 49.1 Å². The summed E-state index contributed by atoms with van der Waals surface area (Å²) in [5, 5.41) is 0. The van der Waals surface area contributed by atoms with Gasteiger partial charge in [0.1, 0.15) is 5.69 Å². The molecule has 0 saturated carbocycles. The van der Waals surface area contributed by atoms with E-state index in [0.717, 1.165) is 16.7 Å². The number of rotatable bonds is 5. The summed E-state index contributed by atoms with van der Waals surface area (Å²) in [6.45, 7) is 0.513. The van der Waals surface area contributed by atoms with Gasteiger partial charge in [-0.3, -0.25) is 14.5 Å². The first-order chi connectivity index (χ1) is 14.5. The largest absolute Gasteiger partial charge is 0.469 e. The van der Waals surface area contributed by atoms with Gasteiger partial charge in [0, 0.05) is 12.7 Å². The third-order valence-corrected chi connectivity index (χ3v) is 5.94. The number of carbonyl (C=O) groups excluding carboxylic acids is 3. The molecule has 1 saturated heterocycles. The lowest BCUT2D eigenvalue weighted by molar-refractivity contribution is -0.157. The van der Waals surface area contributed by atoms with Gasteiger partial charge < -0.3 is 14.2 Å². The zero-order chi connectivity index (χ0) is 21.4. The minimum absolute atomic E-state index is 0.154. The highest BCUT2D eigenvalue weighted by molar-refractivity contribution is 5.89. The monoisotopic (exact) mass is 410 g/mol. The van der Waals surface area contributed by atoms with E-state index in [-0.39, 0.29) is 5.69 Å². The first-order valence-electron chi connectivity index (χ1n) is 9.55. The molecule has 0 spiro atoms. The number of carbonyl (C=O) groups is 3. The molecule has 4 rings (SSSR count). The first-order valence-corrected chi connectivity index (χ1v) is 9.55. The van der Waals surface area contributed by atoms with Crippen LogP contribution in [0.3, 0.4) is 0 Å². The Morgan fingerprint density at radius 3 is 2.07 bits per heavy atom. The number of hydrogen-bond acceptors (Lipinski definition) is 8. The van der Waals surface area contributed by atoms with E-state index in [1.807, 2.05) is 30.3 Å². The zero-order valence-electron chi connectivity index (χ0n) is 16.9. The molecule has 3 heterocycles. The Kier molecular flexibility index (Phi) is 5.26. The quantitative estimate of drug-likeness (QED) is 0.546. The number of aromatic nitrogens is 1. The van der Waals surface area contributed by atoms with E-state index in [4.69, 9.17) is 14.2 Å². The average Bonchev–Trinajstić information content (AvgIpc) is 3.27.